The number of aromatic nitrogens is 4. The zero-order chi connectivity index (χ0) is 24.0. The van der Waals surface area contributed by atoms with Crippen molar-refractivity contribution in [3.63, 3.8) is 0 Å². The molecule has 1 aromatic carbocycles. The molecular weight excluding hydrogens is 420 g/mol. The van der Waals surface area contributed by atoms with Crippen molar-refractivity contribution in [1.82, 2.24) is 25.5 Å². The Bertz CT molecular complexity index is 1050. The Hall–Kier alpha value is -3.36. The van der Waals surface area contributed by atoms with E-state index in [-0.39, 0.29) is 12.1 Å². The Labute approximate surface area is 194 Å². The van der Waals surface area contributed by atoms with Crippen LogP contribution in [0.15, 0.2) is 40.8 Å². The summed E-state index contributed by atoms with van der Waals surface area (Å²) in [5, 5.41) is 18.7. The van der Waals surface area contributed by atoms with Crippen LogP contribution >= 0.6 is 0 Å². The van der Waals surface area contributed by atoms with Crippen molar-refractivity contribution in [3.05, 3.63) is 59.3 Å². The summed E-state index contributed by atoms with van der Waals surface area (Å²) in [6.45, 7) is 12.3. The molecule has 0 fully saturated rings. The minimum Gasteiger partial charge on any atom is -0.463 e. The molecule has 0 radical (unpaired) electrons. The first kappa shape index (κ1) is 24.3. The lowest BCUT2D eigenvalue weighted by molar-refractivity contribution is 0.0508. The molecule has 2 heterocycles. The van der Waals surface area contributed by atoms with E-state index in [0.29, 0.717) is 12.4 Å². The average molecular weight is 455 g/mol. The fraction of sp³-hybridized carbons (Fsp3) is 0.500. The van der Waals surface area contributed by atoms with Crippen LogP contribution in [0.1, 0.15) is 83.0 Å². The lowest BCUT2D eigenvalue weighted by atomic mass is 10.1. The number of alkyl carbamates (subject to hydrolysis) is 1. The smallest absolute Gasteiger partial charge is 0.408 e. The van der Waals surface area contributed by atoms with Crippen molar-refractivity contribution in [3.8, 4) is 0 Å². The summed E-state index contributed by atoms with van der Waals surface area (Å²) in [6.07, 6.45) is 1.26. The third-order valence-electron chi connectivity index (χ3n) is 5.00. The second-order valence-electron chi connectivity index (χ2n) is 8.99. The van der Waals surface area contributed by atoms with E-state index in [1.54, 1.807) is 4.68 Å². The molecule has 2 N–H and O–H groups in total. The Balaban J connectivity index is 1.84. The van der Waals surface area contributed by atoms with Gasteiger partial charge in [-0.25, -0.2) is 9.48 Å². The minimum atomic E-state index is -0.552. The molecule has 2 atom stereocenters. The van der Waals surface area contributed by atoms with E-state index in [0.717, 1.165) is 35.6 Å². The summed E-state index contributed by atoms with van der Waals surface area (Å²) in [5.41, 5.74) is 1.24. The van der Waals surface area contributed by atoms with Crippen LogP contribution in [0, 0.1) is 0 Å². The van der Waals surface area contributed by atoms with Gasteiger partial charge in [0.1, 0.15) is 23.2 Å². The summed E-state index contributed by atoms with van der Waals surface area (Å²) in [7, 11) is 0. The van der Waals surface area contributed by atoms with E-state index < -0.39 is 11.7 Å². The minimum absolute atomic E-state index is 0.235. The fourth-order valence-electron chi connectivity index (χ4n) is 3.42. The molecule has 0 aliphatic rings. The van der Waals surface area contributed by atoms with Gasteiger partial charge in [-0.3, -0.25) is 0 Å². The topological polar surface area (TPSA) is 107 Å². The van der Waals surface area contributed by atoms with Gasteiger partial charge in [-0.05, 0) is 74.4 Å². The number of hydrogen-bond donors (Lipinski definition) is 2. The molecular formula is C24H34N6O3. The number of ether oxygens (including phenoxy) is 1. The highest BCUT2D eigenvalue weighted by Crippen LogP contribution is 2.28. The molecule has 0 spiro atoms. The number of aryl methyl sites for hydroxylation is 2. The van der Waals surface area contributed by atoms with E-state index in [4.69, 9.17) is 9.15 Å². The van der Waals surface area contributed by atoms with Crippen LogP contribution in [0.25, 0.3) is 0 Å². The third-order valence-corrected chi connectivity index (χ3v) is 5.00. The predicted molar refractivity (Wildman–Crippen MR) is 126 cm³/mol. The lowest BCUT2D eigenvalue weighted by Crippen LogP contribution is -2.34. The zero-order valence-electron chi connectivity index (χ0n) is 20.3. The number of furan rings is 1. The molecule has 9 heteroatoms. The second kappa shape index (κ2) is 10.5. The van der Waals surface area contributed by atoms with Gasteiger partial charge in [0.05, 0.1) is 6.04 Å². The molecule has 0 saturated heterocycles. The largest absolute Gasteiger partial charge is 0.463 e. The van der Waals surface area contributed by atoms with E-state index in [2.05, 4.69) is 40.0 Å². The van der Waals surface area contributed by atoms with E-state index in [1.165, 1.54) is 0 Å². The summed E-state index contributed by atoms with van der Waals surface area (Å²) in [4.78, 5) is 12.2. The van der Waals surface area contributed by atoms with Crippen LogP contribution in [-0.2, 0) is 17.7 Å². The number of anilines is 1. The summed E-state index contributed by atoms with van der Waals surface area (Å²) >= 11 is 0. The molecule has 1 amide bonds. The van der Waals surface area contributed by atoms with Gasteiger partial charge < -0.3 is 19.8 Å². The number of nitrogens with one attached hydrogen (secondary N) is 2. The number of hydrogen-bond acceptors (Lipinski definition) is 7. The number of benzene rings is 1. The first-order valence-electron chi connectivity index (χ1n) is 11.4. The molecule has 3 aromatic rings. The van der Waals surface area contributed by atoms with Gasteiger partial charge in [0.15, 0.2) is 5.82 Å². The first-order valence-corrected chi connectivity index (χ1v) is 11.4. The zero-order valence-corrected chi connectivity index (χ0v) is 20.3. The molecule has 33 heavy (non-hydrogen) atoms. The molecule has 3 rings (SSSR count). The number of carbonyl (C=O) groups is 1. The van der Waals surface area contributed by atoms with Crippen molar-refractivity contribution < 1.29 is 13.9 Å². The second-order valence-corrected chi connectivity index (χ2v) is 8.99. The summed E-state index contributed by atoms with van der Waals surface area (Å²) in [5.74, 6) is 2.32. The quantitative estimate of drug-likeness (QED) is 0.467. The fourth-order valence-corrected chi connectivity index (χ4v) is 3.42. The Kier molecular flexibility index (Phi) is 7.73. The SMILES string of the molecule is CCCn1nnnc1C(Nc1cccc([C@@H](C)NC(=O)OC(C)(C)C)c1)c1ccc(CC)o1. The monoisotopic (exact) mass is 454 g/mol. The van der Waals surface area contributed by atoms with Crippen LogP contribution in [0.2, 0.25) is 0 Å². The average Bonchev–Trinajstić information content (AvgIpc) is 3.41. The van der Waals surface area contributed by atoms with Crippen molar-refractivity contribution >= 4 is 11.8 Å². The van der Waals surface area contributed by atoms with Crippen molar-refractivity contribution in [1.29, 1.82) is 0 Å². The third kappa shape index (κ3) is 6.57. The van der Waals surface area contributed by atoms with Crippen molar-refractivity contribution in [2.24, 2.45) is 0 Å². The number of nitrogens with zero attached hydrogens (tertiary/aromatic N) is 4. The highest BCUT2D eigenvalue weighted by atomic mass is 16.6. The first-order chi connectivity index (χ1) is 15.7. The van der Waals surface area contributed by atoms with Gasteiger partial charge in [0.25, 0.3) is 0 Å². The van der Waals surface area contributed by atoms with E-state index in [9.17, 15) is 4.79 Å². The van der Waals surface area contributed by atoms with Crippen LogP contribution in [0.4, 0.5) is 10.5 Å². The van der Waals surface area contributed by atoms with E-state index in [1.807, 2.05) is 64.1 Å². The van der Waals surface area contributed by atoms with Crippen LogP contribution in [0.5, 0.6) is 0 Å². The molecule has 0 aliphatic heterocycles. The summed E-state index contributed by atoms with van der Waals surface area (Å²) in [6, 6.07) is 11.2. The van der Waals surface area contributed by atoms with Gasteiger partial charge in [-0.15, -0.1) is 5.10 Å². The predicted octanol–water partition coefficient (Wildman–Crippen LogP) is 5.03. The number of tetrazole rings is 1. The molecule has 0 saturated carbocycles. The van der Waals surface area contributed by atoms with Crippen LogP contribution < -0.4 is 10.6 Å². The molecule has 0 bridgehead atoms. The standard InChI is InChI=1S/C24H34N6O3/c1-7-14-30-22(27-28-29-30)21(20-13-12-19(8-2)32-20)26-18-11-9-10-17(15-18)16(3)25-23(31)33-24(4,5)6/h9-13,15-16,21,26H,7-8,14H2,1-6H3,(H,25,31)/t16-,21?/m1/s1. The van der Waals surface area contributed by atoms with Gasteiger partial charge in [-0.2, -0.15) is 0 Å². The number of rotatable bonds is 9. The van der Waals surface area contributed by atoms with E-state index >= 15 is 0 Å². The number of amides is 1. The normalized spacial score (nSPS) is 13.4. The highest BCUT2D eigenvalue weighted by molar-refractivity contribution is 5.68. The lowest BCUT2D eigenvalue weighted by Gasteiger charge is -2.23. The molecule has 1 unspecified atom stereocenters. The Morgan fingerprint density at radius 2 is 2.00 bits per heavy atom. The maximum Gasteiger partial charge on any atom is 0.408 e. The molecule has 178 valence electrons. The van der Waals surface area contributed by atoms with Crippen LogP contribution in [0.3, 0.4) is 0 Å². The Morgan fingerprint density at radius 1 is 1.21 bits per heavy atom. The molecule has 9 nitrogen and oxygen atoms in total. The van der Waals surface area contributed by atoms with Crippen LogP contribution in [-0.4, -0.2) is 31.9 Å². The highest BCUT2D eigenvalue weighted by Gasteiger charge is 2.25. The van der Waals surface area contributed by atoms with Crippen molar-refractivity contribution in [2.45, 2.75) is 78.6 Å². The Morgan fingerprint density at radius 3 is 2.67 bits per heavy atom. The van der Waals surface area contributed by atoms with Gasteiger partial charge in [0.2, 0.25) is 0 Å². The van der Waals surface area contributed by atoms with Gasteiger partial charge >= 0.3 is 6.09 Å². The summed E-state index contributed by atoms with van der Waals surface area (Å²) < 4.78 is 13.2. The maximum atomic E-state index is 12.2. The molecule has 2 aromatic heterocycles. The maximum absolute atomic E-state index is 12.2. The van der Waals surface area contributed by atoms with Gasteiger partial charge in [0, 0.05) is 18.7 Å². The van der Waals surface area contributed by atoms with Gasteiger partial charge in [-0.1, -0.05) is 26.0 Å². The van der Waals surface area contributed by atoms with Crippen molar-refractivity contribution in [2.75, 3.05) is 5.32 Å². The number of carbonyl (C=O) groups excluding carboxylic acids is 1. The molecule has 0 aliphatic carbocycles.